The van der Waals surface area contributed by atoms with Crippen LogP contribution in [0.3, 0.4) is 0 Å². The number of oxime groups is 1. The van der Waals surface area contributed by atoms with Gasteiger partial charge < -0.3 is 20.4 Å². The quantitative estimate of drug-likeness (QED) is 0.487. The molecule has 3 fully saturated rings. The van der Waals surface area contributed by atoms with E-state index in [1.165, 1.54) is 18.4 Å². The number of nitrogens with zero attached hydrogens (tertiary/aromatic N) is 1. The molecule has 0 heterocycles. The van der Waals surface area contributed by atoms with Crippen molar-refractivity contribution in [2.24, 2.45) is 39.7 Å². The number of rotatable bonds is 7. The van der Waals surface area contributed by atoms with E-state index in [0.717, 1.165) is 44.2 Å². The van der Waals surface area contributed by atoms with Crippen molar-refractivity contribution >= 4 is 23.4 Å². The van der Waals surface area contributed by atoms with Crippen molar-refractivity contribution in [1.82, 2.24) is 5.32 Å². The zero-order chi connectivity index (χ0) is 24.7. The molecule has 8 nitrogen and oxygen atoms in total. The summed E-state index contributed by atoms with van der Waals surface area (Å²) in [5.41, 5.74) is 2.54. The summed E-state index contributed by atoms with van der Waals surface area (Å²) in [6.45, 7) is 5.48. The second-order valence-corrected chi connectivity index (χ2v) is 11.3. The van der Waals surface area contributed by atoms with Crippen LogP contribution < -0.4 is 5.32 Å². The molecule has 3 N–H and O–H groups in total. The number of hydrogen-bond donors (Lipinski definition) is 3. The molecule has 7 atom stereocenters. The van der Waals surface area contributed by atoms with Crippen molar-refractivity contribution in [2.75, 3.05) is 13.2 Å². The third-order valence-corrected chi connectivity index (χ3v) is 9.66. The average molecular weight is 475 g/mol. The number of hydrogen-bond acceptors (Lipinski definition) is 6. The number of nitrogens with one attached hydrogen (secondary N) is 1. The number of aliphatic hydroxyl groups is 1. The van der Waals surface area contributed by atoms with Crippen LogP contribution in [0.1, 0.15) is 72.1 Å². The van der Waals surface area contributed by atoms with Gasteiger partial charge in [-0.15, -0.1) is 0 Å². The van der Waals surface area contributed by atoms with E-state index in [2.05, 4.69) is 30.4 Å². The van der Waals surface area contributed by atoms with Crippen molar-refractivity contribution in [1.29, 1.82) is 0 Å². The van der Waals surface area contributed by atoms with Crippen molar-refractivity contribution in [2.45, 2.75) is 78.2 Å². The number of carbonyl (C=O) groups excluding carboxylic acids is 2. The summed E-state index contributed by atoms with van der Waals surface area (Å²) >= 11 is 0. The topological polar surface area (TPSA) is 125 Å². The van der Waals surface area contributed by atoms with Gasteiger partial charge in [-0.1, -0.05) is 24.6 Å². The van der Waals surface area contributed by atoms with Crippen molar-refractivity contribution in [3.8, 4) is 0 Å². The van der Waals surface area contributed by atoms with E-state index in [9.17, 15) is 14.4 Å². The Morgan fingerprint density at radius 1 is 1.15 bits per heavy atom. The molecule has 34 heavy (non-hydrogen) atoms. The number of amides is 1. The Morgan fingerprint density at radius 3 is 2.59 bits per heavy atom. The van der Waals surface area contributed by atoms with E-state index >= 15 is 0 Å². The van der Waals surface area contributed by atoms with Crippen LogP contribution in [0.25, 0.3) is 0 Å². The highest BCUT2D eigenvalue weighted by atomic mass is 16.6. The van der Waals surface area contributed by atoms with Crippen molar-refractivity contribution < 1.29 is 29.4 Å². The van der Waals surface area contributed by atoms with E-state index < -0.39 is 31.1 Å². The molecule has 4 rings (SSSR count). The molecule has 8 heteroatoms. The zero-order valence-electron chi connectivity index (χ0n) is 20.5. The summed E-state index contributed by atoms with van der Waals surface area (Å²) < 4.78 is 0. The lowest BCUT2D eigenvalue weighted by Gasteiger charge is -2.58. The Labute approximate surface area is 201 Å². The first-order valence-electron chi connectivity index (χ1n) is 12.6. The highest BCUT2D eigenvalue weighted by Gasteiger charge is 2.59. The molecule has 1 amide bonds. The highest BCUT2D eigenvalue weighted by molar-refractivity contribution is 5.96. The molecule has 0 aliphatic heterocycles. The van der Waals surface area contributed by atoms with E-state index in [4.69, 9.17) is 15.1 Å². The van der Waals surface area contributed by atoms with Gasteiger partial charge in [0.2, 0.25) is 0 Å². The second-order valence-electron chi connectivity index (χ2n) is 11.3. The molecule has 0 spiro atoms. The maximum atomic E-state index is 12.3. The minimum atomic E-state index is -1.35. The van der Waals surface area contributed by atoms with Gasteiger partial charge >= 0.3 is 5.97 Å². The number of aliphatic hydroxyl groups excluding tert-OH is 1. The van der Waals surface area contributed by atoms with Crippen LogP contribution in [0.2, 0.25) is 0 Å². The van der Waals surface area contributed by atoms with E-state index in [0.29, 0.717) is 23.5 Å². The van der Waals surface area contributed by atoms with Gasteiger partial charge in [-0.25, -0.2) is 4.79 Å². The number of carbonyl (C=O) groups is 3. The maximum Gasteiger partial charge on any atom is 0.328 e. The Hall–Kier alpha value is -2.22. The van der Waals surface area contributed by atoms with Gasteiger partial charge in [-0.2, -0.15) is 0 Å². The lowest BCUT2D eigenvalue weighted by Crippen LogP contribution is -2.51. The summed E-state index contributed by atoms with van der Waals surface area (Å²) in [5, 5.41) is 24.3. The SMILES string of the molecule is CC(=O)C1CCC2[C@@H]3CCC4=C/C(=N/OCC(=O)NC(CO)C(=O)O)CC[C@]4(C)C3CC[C@]12C. The average Bonchev–Trinajstić information content (AvgIpc) is 3.15. The number of carboxylic acid groups (broad SMARTS) is 1. The van der Waals surface area contributed by atoms with E-state index in [1.807, 2.05) is 0 Å². The molecule has 4 aliphatic rings. The number of ketones is 1. The number of aliphatic carboxylic acids is 1. The number of fused-ring (bicyclic) bond motifs is 5. The molecule has 0 radical (unpaired) electrons. The lowest BCUT2D eigenvalue weighted by atomic mass is 9.46. The van der Waals surface area contributed by atoms with Crippen LogP contribution in [0.5, 0.6) is 0 Å². The van der Waals surface area contributed by atoms with E-state index in [1.54, 1.807) is 6.92 Å². The molecule has 0 aromatic carbocycles. The number of carboxylic acids is 1. The minimum Gasteiger partial charge on any atom is -0.480 e. The summed E-state index contributed by atoms with van der Waals surface area (Å²) in [4.78, 5) is 40.3. The molecular formula is C26H38N2O6. The summed E-state index contributed by atoms with van der Waals surface area (Å²) in [5.74, 6) is 0.619. The van der Waals surface area contributed by atoms with Gasteiger partial charge in [0.15, 0.2) is 6.61 Å². The highest BCUT2D eigenvalue weighted by Crippen LogP contribution is 2.66. The van der Waals surface area contributed by atoms with Crippen LogP contribution in [-0.2, 0) is 19.2 Å². The first kappa shape index (κ1) is 24.9. The predicted molar refractivity (Wildman–Crippen MR) is 126 cm³/mol. The fourth-order valence-corrected chi connectivity index (χ4v) is 7.91. The third-order valence-electron chi connectivity index (χ3n) is 9.66. The molecule has 4 aliphatic carbocycles. The van der Waals surface area contributed by atoms with Gasteiger partial charge in [0.05, 0.1) is 12.3 Å². The smallest absolute Gasteiger partial charge is 0.328 e. The van der Waals surface area contributed by atoms with Crippen LogP contribution >= 0.6 is 0 Å². The van der Waals surface area contributed by atoms with Gasteiger partial charge in [0, 0.05) is 5.92 Å². The summed E-state index contributed by atoms with van der Waals surface area (Å²) in [6.07, 6.45) is 10.6. The molecule has 0 bridgehead atoms. The van der Waals surface area contributed by atoms with Crippen LogP contribution in [-0.4, -0.2) is 52.8 Å². The first-order chi connectivity index (χ1) is 16.1. The van der Waals surface area contributed by atoms with Gasteiger partial charge in [-0.3, -0.25) is 9.59 Å². The molecule has 4 unspecified atom stereocenters. The van der Waals surface area contributed by atoms with Gasteiger partial charge in [-0.05, 0) is 93.0 Å². The lowest BCUT2D eigenvalue weighted by molar-refractivity contribution is -0.143. The first-order valence-corrected chi connectivity index (χ1v) is 12.6. The van der Waals surface area contributed by atoms with Gasteiger partial charge in [0.25, 0.3) is 5.91 Å². The van der Waals surface area contributed by atoms with Crippen LogP contribution in [0.4, 0.5) is 0 Å². The van der Waals surface area contributed by atoms with Crippen molar-refractivity contribution in [3.05, 3.63) is 11.6 Å². The van der Waals surface area contributed by atoms with E-state index in [-0.39, 0.29) is 16.7 Å². The maximum absolute atomic E-state index is 12.3. The van der Waals surface area contributed by atoms with Crippen LogP contribution in [0, 0.1) is 34.5 Å². The molecule has 0 aromatic rings. The minimum absolute atomic E-state index is 0.144. The largest absolute Gasteiger partial charge is 0.480 e. The molecule has 0 saturated heterocycles. The Kier molecular flexibility index (Phi) is 6.91. The summed E-state index contributed by atoms with van der Waals surface area (Å²) in [6, 6.07) is -1.35. The number of allylic oxidation sites excluding steroid dienone is 2. The Bertz CT molecular complexity index is 913. The van der Waals surface area contributed by atoms with Crippen molar-refractivity contribution in [3.63, 3.8) is 0 Å². The fraction of sp³-hybridized carbons (Fsp3) is 0.769. The standard InChI is InChI=1S/C26H38N2O6/c1-15(30)19-6-7-20-18-5-4-16-12-17(28-34-14-23(31)27-22(13-29)24(32)33)8-10-25(16,2)21(18)9-11-26(19,20)3/h12,18-22,29H,4-11,13-14H2,1-3H3,(H,27,31)(H,32,33)/b28-17+/t18-,19?,20?,21?,22?,25-,26+/m0/s1. The Balaban J connectivity index is 1.41. The fourth-order valence-electron chi connectivity index (χ4n) is 7.91. The number of Topliss-reactive ketones (excluding diaryl/α,β-unsaturated/α-hetero) is 1. The predicted octanol–water partition coefficient (Wildman–Crippen LogP) is 3.09. The Morgan fingerprint density at radius 2 is 1.91 bits per heavy atom. The second kappa shape index (κ2) is 9.44. The molecule has 3 saturated carbocycles. The third kappa shape index (κ3) is 4.30. The normalized spacial score (nSPS) is 38.7. The molecule has 0 aromatic heterocycles. The summed E-state index contributed by atoms with van der Waals surface area (Å²) in [7, 11) is 0. The van der Waals surface area contributed by atoms with Crippen LogP contribution in [0.15, 0.2) is 16.8 Å². The zero-order valence-corrected chi connectivity index (χ0v) is 20.5. The molecular weight excluding hydrogens is 436 g/mol. The van der Waals surface area contributed by atoms with Gasteiger partial charge in [0.1, 0.15) is 11.8 Å². The molecule has 188 valence electrons. The monoisotopic (exact) mass is 474 g/mol.